The van der Waals surface area contributed by atoms with Gasteiger partial charge in [0.15, 0.2) is 0 Å². The largest absolute Gasteiger partial charge is 0.417 e. The van der Waals surface area contributed by atoms with Crippen LogP contribution in [0.25, 0.3) is 10.2 Å². The molecule has 23 heavy (non-hydrogen) atoms. The summed E-state index contributed by atoms with van der Waals surface area (Å²) in [4.78, 5) is 15.0. The number of aromatic nitrogens is 3. The Balaban J connectivity index is 1.74. The highest BCUT2D eigenvalue weighted by Gasteiger charge is 2.32. The Bertz CT molecular complexity index is 925. The lowest BCUT2D eigenvalue weighted by Crippen LogP contribution is -2.32. The van der Waals surface area contributed by atoms with E-state index < -0.39 is 11.7 Å². The molecule has 4 rings (SSSR count). The first-order valence-corrected chi connectivity index (χ1v) is 7.80. The molecule has 4 heterocycles. The molecule has 3 aromatic rings. The normalized spacial score (nSPS) is 15.6. The molecule has 3 aromatic heterocycles. The Morgan fingerprint density at radius 1 is 1.26 bits per heavy atom. The molecule has 118 valence electrons. The van der Waals surface area contributed by atoms with Crippen LogP contribution < -0.4 is 4.90 Å². The molecular formula is C15H11F3N4S. The molecular weight excluding hydrogens is 325 g/mol. The van der Waals surface area contributed by atoms with Crippen molar-refractivity contribution in [2.45, 2.75) is 19.1 Å². The molecule has 0 saturated carbocycles. The molecule has 0 N–H and O–H groups in total. The summed E-state index contributed by atoms with van der Waals surface area (Å²) in [7, 11) is 0. The Morgan fingerprint density at radius 2 is 2.13 bits per heavy atom. The fourth-order valence-corrected chi connectivity index (χ4v) is 3.39. The highest BCUT2D eigenvalue weighted by Crippen LogP contribution is 2.33. The number of anilines is 1. The van der Waals surface area contributed by atoms with Gasteiger partial charge in [0.25, 0.3) is 0 Å². The maximum Gasteiger partial charge on any atom is 0.417 e. The summed E-state index contributed by atoms with van der Waals surface area (Å²) < 4.78 is 46.7. The maximum absolute atomic E-state index is 12.9. The van der Waals surface area contributed by atoms with Crippen molar-refractivity contribution >= 4 is 27.4 Å². The number of fused-ring (bicyclic) bond motifs is 2. The van der Waals surface area contributed by atoms with E-state index in [1.165, 1.54) is 17.7 Å². The third-order valence-electron chi connectivity index (χ3n) is 3.83. The molecule has 0 bridgehead atoms. The molecule has 0 amide bonds. The lowest BCUT2D eigenvalue weighted by molar-refractivity contribution is -0.137. The number of alkyl halides is 3. The molecule has 0 radical (unpaired) electrons. The van der Waals surface area contributed by atoms with Gasteiger partial charge in [-0.25, -0.2) is 9.97 Å². The quantitative estimate of drug-likeness (QED) is 0.679. The van der Waals surface area contributed by atoms with Crippen molar-refractivity contribution in [1.82, 2.24) is 15.0 Å². The molecule has 0 saturated heterocycles. The molecule has 0 aromatic carbocycles. The summed E-state index contributed by atoms with van der Waals surface area (Å²) in [6.07, 6.45) is -1.56. The zero-order valence-electron chi connectivity index (χ0n) is 12.8. The Labute approximate surface area is 135 Å². The maximum atomic E-state index is 12.9. The second-order valence-corrected chi connectivity index (χ2v) is 6.11. The monoisotopic (exact) mass is 337 g/mol. The highest BCUT2D eigenvalue weighted by atomic mass is 32.1. The summed E-state index contributed by atoms with van der Waals surface area (Å²) >= 11 is 1.36. The standard InChI is InChI=1S/C15H11F3N4S/c16-15(17,18)10-5-9-7-22(3-1-12(9)19-6-10)13-11-2-4-23-14(11)21-8-20-13/h2,4-6,8H,1,3,7H2/i2D. The summed E-state index contributed by atoms with van der Waals surface area (Å²) in [5.41, 5.74) is 0.484. The molecule has 4 nitrogen and oxygen atoms in total. The molecule has 0 unspecified atom stereocenters. The van der Waals surface area contributed by atoms with Crippen LogP contribution in [-0.2, 0) is 19.1 Å². The number of hydrogen-bond donors (Lipinski definition) is 0. The molecule has 1 aliphatic rings. The van der Waals surface area contributed by atoms with Crippen LogP contribution in [-0.4, -0.2) is 21.5 Å². The lowest BCUT2D eigenvalue weighted by atomic mass is 10.0. The van der Waals surface area contributed by atoms with Gasteiger partial charge in [-0.2, -0.15) is 13.2 Å². The van der Waals surface area contributed by atoms with E-state index in [9.17, 15) is 13.2 Å². The molecule has 0 aliphatic carbocycles. The number of nitrogens with zero attached hydrogens (tertiary/aromatic N) is 4. The molecule has 0 atom stereocenters. The Kier molecular flexibility index (Phi) is 2.97. The fourth-order valence-electron chi connectivity index (χ4n) is 2.72. The van der Waals surface area contributed by atoms with Crippen molar-refractivity contribution < 1.29 is 14.5 Å². The van der Waals surface area contributed by atoms with Gasteiger partial charge in [0, 0.05) is 31.4 Å². The van der Waals surface area contributed by atoms with Gasteiger partial charge in [-0.15, -0.1) is 11.3 Å². The topological polar surface area (TPSA) is 41.9 Å². The van der Waals surface area contributed by atoms with Crippen LogP contribution in [0.4, 0.5) is 19.0 Å². The third-order valence-corrected chi connectivity index (χ3v) is 4.60. The number of pyridine rings is 1. The van der Waals surface area contributed by atoms with Crippen molar-refractivity contribution in [3.05, 3.63) is 46.8 Å². The van der Waals surface area contributed by atoms with Crippen LogP contribution >= 0.6 is 11.3 Å². The molecule has 0 fully saturated rings. The van der Waals surface area contributed by atoms with Gasteiger partial charge in [-0.3, -0.25) is 4.98 Å². The van der Waals surface area contributed by atoms with Crippen LogP contribution in [0.5, 0.6) is 0 Å². The first kappa shape index (κ1) is 13.2. The predicted molar refractivity (Wildman–Crippen MR) is 81.4 cm³/mol. The van der Waals surface area contributed by atoms with Crippen molar-refractivity contribution in [3.8, 4) is 0 Å². The van der Waals surface area contributed by atoms with Gasteiger partial charge in [-0.05, 0) is 23.1 Å². The molecule has 0 spiro atoms. The van der Waals surface area contributed by atoms with Crippen molar-refractivity contribution in [3.63, 3.8) is 0 Å². The Hall–Kier alpha value is -2.22. The fraction of sp³-hybridized carbons (Fsp3) is 0.267. The SMILES string of the molecule is [2H]c1csc2ncnc(N3CCc4ncc(C(F)(F)F)cc4C3)c12. The number of thiophene rings is 1. The second kappa shape index (κ2) is 5.16. The average molecular weight is 337 g/mol. The smallest absolute Gasteiger partial charge is 0.351 e. The number of rotatable bonds is 1. The van der Waals surface area contributed by atoms with Gasteiger partial charge >= 0.3 is 6.18 Å². The van der Waals surface area contributed by atoms with Crippen molar-refractivity contribution in [2.24, 2.45) is 0 Å². The minimum atomic E-state index is -4.41. The summed E-state index contributed by atoms with van der Waals surface area (Å²) in [6.45, 7) is 0.875. The first-order chi connectivity index (χ1) is 11.4. The lowest BCUT2D eigenvalue weighted by Gasteiger charge is -2.29. The number of hydrogen-bond acceptors (Lipinski definition) is 5. The average Bonchev–Trinajstić information content (AvgIpc) is 2.94. The minimum absolute atomic E-state index is 0.285. The van der Waals surface area contributed by atoms with Gasteiger partial charge in [0.2, 0.25) is 0 Å². The third kappa shape index (κ3) is 2.52. The van der Waals surface area contributed by atoms with E-state index in [0.29, 0.717) is 46.3 Å². The van der Waals surface area contributed by atoms with E-state index >= 15 is 0 Å². The highest BCUT2D eigenvalue weighted by molar-refractivity contribution is 7.16. The molecule has 8 heteroatoms. The minimum Gasteiger partial charge on any atom is -0.351 e. The van der Waals surface area contributed by atoms with E-state index in [4.69, 9.17) is 1.37 Å². The summed E-state index contributed by atoms with van der Waals surface area (Å²) in [6, 6.07) is 1.49. The van der Waals surface area contributed by atoms with Gasteiger partial charge in [0.05, 0.1) is 12.3 Å². The van der Waals surface area contributed by atoms with Crippen LogP contribution in [0.3, 0.4) is 0 Å². The van der Waals surface area contributed by atoms with Crippen LogP contribution in [0, 0.1) is 0 Å². The van der Waals surface area contributed by atoms with Crippen molar-refractivity contribution in [2.75, 3.05) is 11.4 Å². The zero-order valence-corrected chi connectivity index (χ0v) is 12.6. The van der Waals surface area contributed by atoms with Crippen LogP contribution in [0.2, 0.25) is 0 Å². The van der Waals surface area contributed by atoms with Crippen molar-refractivity contribution in [1.29, 1.82) is 0 Å². The van der Waals surface area contributed by atoms with Gasteiger partial charge in [0.1, 0.15) is 17.0 Å². The summed E-state index contributed by atoms with van der Waals surface area (Å²) in [5, 5.41) is 2.33. The van der Waals surface area contributed by atoms with E-state index in [2.05, 4.69) is 15.0 Å². The van der Waals surface area contributed by atoms with E-state index in [-0.39, 0.29) is 6.54 Å². The van der Waals surface area contributed by atoms with E-state index in [1.807, 2.05) is 4.90 Å². The van der Waals surface area contributed by atoms with Crippen LogP contribution in [0.1, 0.15) is 18.2 Å². The van der Waals surface area contributed by atoms with E-state index in [0.717, 1.165) is 12.3 Å². The van der Waals surface area contributed by atoms with Gasteiger partial charge < -0.3 is 4.90 Å². The number of halogens is 3. The van der Waals surface area contributed by atoms with E-state index in [1.54, 1.807) is 5.38 Å². The first-order valence-electron chi connectivity index (χ1n) is 7.42. The zero-order chi connectivity index (χ0) is 16.9. The summed E-state index contributed by atoms with van der Waals surface area (Å²) in [5.74, 6) is 0.592. The van der Waals surface area contributed by atoms with Crippen LogP contribution in [0.15, 0.2) is 30.0 Å². The second-order valence-electron chi connectivity index (χ2n) is 5.26. The molecule has 1 aliphatic heterocycles. The predicted octanol–water partition coefficient (Wildman–Crippen LogP) is 3.67. The van der Waals surface area contributed by atoms with Gasteiger partial charge in [-0.1, -0.05) is 0 Å². The Morgan fingerprint density at radius 3 is 2.96 bits per heavy atom.